The Balaban J connectivity index is 1.16. The van der Waals surface area contributed by atoms with Crippen LogP contribution in [0, 0.1) is 23.7 Å². The number of carbonyl (C=O) groups excluding carboxylic acids is 1. The molecule has 0 radical (unpaired) electrons. The summed E-state index contributed by atoms with van der Waals surface area (Å²) in [6.45, 7) is 0. The van der Waals surface area contributed by atoms with Crippen LogP contribution in [-0.4, -0.2) is 22.7 Å². The van der Waals surface area contributed by atoms with E-state index in [9.17, 15) is 4.79 Å². The third-order valence-electron chi connectivity index (χ3n) is 6.43. The van der Waals surface area contributed by atoms with E-state index in [1.165, 1.54) is 32.1 Å². The lowest BCUT2D eigenvalue weighted by Crippen LogP contribution is -2.56. The van der Waals surface area contributed by atoms with Crippen molar-refractivity contribution in [3.63, 3.8) is 0 Å². The molecule has 4 aliphatic rings. The highest BCUT2D eigenvalue weighted by molar-refractivity contribution is 8.01. The molecule has 0 atom stereocenters. The zero-order chi connectivity index (χ0) is 17.5. The average Bonchev–Trinajstić information content (AvgIpc) is 3.12. The lowest BCUT2D eigenvalue weighted by Gasteiger charge is -2.54. The highest BCUT2D eigenvalue weighted by Gasteiger charge is 2.48. The van der Waals surface area contributed by atoms with Crippen molar-refractivity contribution >= 4 is 29.0 Å². The molecule has 4 saturated carbocycles. The van der Waals surface area contributed by atoms with Crippen LogP contribution in [0.1, 0.15) is 32.1 Å². The van der Waals surface area contributed by atoms with E-state index >= 15 is 0 Å². The molecule has 2 aromatic rings. The fourth-order valence-corrected chi connectivity index (χ4v) is 7.23. The van der Waals surface area contributed by atoms with Gasteiger partial charge >= 0.3 is 0 Å². The Hall–Kier alpha value is -1.33. The van der Waals surface area contributed by atoms with Crippen LogP contribution in [0.5, 0.6) is 0 Å². The number of carbonyl (C=O) groups is 1. The Morgan fingerprint density at radius 3 is 2.46 bits per heavy atom. The number of rotatable bonds is 5. The number of nitrogens with one attached hydrogen (secondary N) is 1. The van der Waals surface area contributed by atoms with Gasteiger partial charge in [-0.05, 0) is 55.8 Å². The van der Waals surface area contributed by atoms with Crippen LogP contribution < -0.4 is 5.32 Å². The monoisotopic (exact) mass is 384 g/mol. The first-order valence-corrected chi connectivity index (χ1v) is 11.5. The molecule has 0 saturated heterocycles. The van der Waals surface area contributed by atoms with Gasteiger partial charge in [0.05, 0.1) is 11.4 Å². The first-order chi connectivity index (χ1) is 12.7. The number of thiazole rings is 1. The van der Waals surface area contributed by atoms with E-state index in [0.717, 1.165) is 39.3 Å². The van der Waals surface area contributed by atoms with Crippen LogP contribution in [0.15, 0.2) is 40.1 Å². The summed E-state index contributed by atoms with van der Waals surface area (Å²) in [4.78, 5) is 17.2. The number of amides is 1. The van der Waals surface area contributed by atoms with Crippen molar-refractivity contribution in [2.75, 3.05) is 5.75 Å². The first kappa shape index (κ1) is 16.8. The summed E-state index contributed by atoms with van der Waals surface area (Å²) in [5.74, 6) is 4.04. The van der Waals surface area contributed by atoms with Gasteiger partial charge < -0.3 is 5.32 Å². The molecule has 0 spiro atoms. The Bertz CT molecular complexity index is 760. The van der Waals surface area contributed by atoms with Gasteiger partial charge in [-0.2, -0.15) is 0 Å². The van der Waals surface area contributed by atoms with Gasteiger partial charge in [-0.1, -0.05) is 42.1 Å². The van der Waals surface area contributed by atoms with E-state index in [1.807, 2.05) is 18.2 Å². The summed E-state index contributed by atoms with van der Waals surface area (Å²) >= 11 is 3.19. The van der Waals surface area contributed by atoms with Crippen LogP contribution in [0.2, 0.25) is 0 Å². The summed E-state index contributed by atoms with van der Waals surface area (Å²) in [5, 5.41) is 5.46. The van der Waals surface area contributed by atoms with E-state index in [4.69, 9.17) is 0 Å². The summed E-state index contributed by atoms with van der Waals surface area (Å²) in [6.07, 6.45) is 6.84. The minimum absolute atomic E-state index is 0.184. The van der Waals surface area contributed by atoms with Crippen LogP contribution >= 0.6 is 23.1 Å². The molecule has 1 aromatic heterocycles. The quantitative estimate of drug-likeness (QED) is 0.750. The minimum atomic E-state index is 0.184. The summed E-state index contributed by atoms with van der Waals surface area (Å²) in [6, 6.07) is 10.7. The van der Waals surface area contributed by atoms with E-state index in [0.29, 0.717) is 11.8 Å². The Labute approximate surface area is 163 Å². The smallest absolute Gasteiger partial charge is 0.230 e. The Morgan fingerprint density at radius 2 is 1.77 bits per heavy atom. The fourth-order valence-electron chi connectivity index (χ4n) is 5.58. The largest absolute Gasteiger partial charge is 0.352 e. The first-order valence-electron chi connectivity index (χ1n) is 9.67. The number of thioether (sulfide) groups is 1. The van der Waals surface area contributed by atoms with Crippen molar-refractivity contribution in [2.45, 2.75) is 42.5 Å². The van der Waals surface area contributed by atoms with Gasteiger partial charge in [0.25, 0.3) is 0 Å². The van der Waals surface area contributed by atoms with E-state index in [1.54, 1.807) is 23.1 Å². The third-order valence-corrected chi connectivity index (χ3v) is 8.45. The van der Waals surface area contributed by atoms with Crippen LogP contribution in [-0.2, 0) is 4.79 Å². The van der Waals surface area contributed by atoms with Gasteiger partial charge in [0.15, 0.2) is 4.34 Å². The highest BCUT2D eigenvalue weighted by atomic mass is 32.2. The topological polar surface area (TPSA) is 42.0 Å². The molecule has 0 aliphatic heterocycles. The molecule has 4 aliphatic carbocycles. The van der Waals surface area contributed by atoms with Crippen molar-refractivity contribution in [1.82, 2.24) is 10.3 Å². The van der Waals surface area contributed by atoms with Crippen molar-refractivity contribution in [2.24, 2.45) is 23.7 Å². The zero-order valence-electron chi connectivity index (χ0n) is 14.8. The van der Waals surface area contributed by atoms with E-state index < -0.39 is 0 Å². The average molecular weight is 385 g/mol. The number of hydrogen-bond donors (Lipinski definition) is 1. The van der Waals surface area contributed by atoms with Crippen LogP contribution in [0.3, 0.4) is 0 Å². The van der Waals surface area contributed by atoms with E-state index in [2.05, 4.69) is 27.8 Å². The number of benzene rings is 1. The second-order valence-electron chi connectivity index (χ2n) is 8.18. The zero-order valence-corrected chi connectivity index (χ0v) is 16.4. The maximum Gasteiger partial charge on any atom is 0.230 e. The maximum absolute atomic E-state index is 12.5. The summed E-state index contributed by atoms with van der Waals surface area (Å²) < 4.78 is 0.976. The number of aromatic nitrogens is 1. The SMILES string of the molecule is O=C(CSc1nc(-c2ccccc2)cs1)NC1C2CC3CC(C2)CC1C3. The van der Waals surface area contributed by atoms with Crippen molar-refractivity contribution < 1.29 is 4.79 Å². The predicted molar refractivity (Wildman–Crippen MR) is 107 cm³/mol. The predicted octanol–water partition coefficient (Wildman–Crippen LogP) is 4.84. The molecule has 3 nitrogen and oxygen atoms in total. The molecule has 26 heavy (non-hydrogen) atoms. The maximum atomic E-state index is 12.5. The molecule has 1 heterocycles. The lowest BCUT2D eigenvalue weighted by atomic mass is 9.54. The highest BCUT2D eigenvalue weighted by Crippen LogP contribution is 2.53. The standard InChI is InChI=1S/C21H24N2OS2/c24-19(23-20-16-7-13-6-14(9-16)10-17(20)8-13)12-26-21-22-18(11-25-21)15-4-2-1-3-5-15/h1-5,11,13-14,16-17,20H,6-10,12H2,(H,23,24). The molecule has 0 unspecified atom stereocenters. The lowest BCUT2D eigenvalue weighted by molar-refractivity contribution is -0.122. The number of nitrogens with zero attached hydrogens (tertiary/aromatic N) is 1. The van der Waals surface area contributed by atoms with Gasteiger partial charge in [0, 0.05) is 17.0 Å². The normalized spacial score (nSPS) is 31.9. The van der Waals surface area contributed by atoms with Gasteiger partial charge in [-0.3, -0.25) is 4.79 Å². The molecule has 1 aromatic carbocycles. The molecule has 1 N–H and O–H groups in total. The molecule has 136 valence electrons. The molecular weight excluding hydrogens is 360 g/mol. The third kappa shape index (κ3) is 3.31. The van der Waals surface area contributed by atoms with E-state index in [-0.39, 0.29) is 5.91 Å². The molecular formula is C21H24N2OS2. The molecule has 5 heteroatoms. The molecule has 1 amide bonds. The summed E-state index contributed by atoms with van der Waals surface area (Å²) in [7, 11) is 0. The minimum Gasteiger partial charge on any atom is -0.352 e. The second kappa shape index (κ2) is 7.01. The Morgan fingerprint density at radius 1 is 1.08 bits per heavy atom. The molecule has 6 rings (SSSR count). The van der Waals surface area contributed by atoms with Crippen LogP contribution in [0.4, 0.5) is 0 Å². The second-order valence-corrected chi connectivity index (χ2v) is 10.3. The molecule has 4 fully saturated rings. The van der Waals surface area contributed by atoms with Crippen molar-refractivity contribution in [1.29, 1.82) is 0 Å². The molecule has 4 bridgehead atoms. The van der Waals surface area contributed by atoms with Crippen molar-refractivity contribution in [3.8, 4) is 11.3 Å². The summed E-state index contributed by atoms with van der Waals surface area (Å²) in [5.41, 5.74) is 2.13. The van der Waals surface area contributed by atoms with Gasteiger partial charge in [-0.15, -0.1) is 11.3 Å². The van der Waals surface area contributed by atoms with Crippen molar-refractivity contribution in [3.05, 3.63) is 35.7 Å². The number of hydrogen-bond acceptors (Lipinski definition) is 4. The van der Waals surface area contributed by atoms with Gasteiger partial charge in [0.1, 0.15) is 0 Å². The fraction of sp³-hybridized carbons (Fsp3) is 0.524. The van der Waals surface area contributed by atoms with Gasteiger partial charge in [0.2, 0.25) is 5.91 Å². The Kier molecular flexibility index (Phi) is 4.53. The van der Waals surface area contributed by atoms with Crippen LogP contribution in [0.25, 0.3) is 11.3 Å². The van der Waals surface area contributed by atoms with Gasteiger partial charge in [-0.25, -0.2) is 4.98 Å².